The molecule has 0 unspecified atom stereocenters. The van der Waals surface area contributed by atoms with E-state index in [1.54, 1.807) is 12.4 Å². The predicted molar refractivity (Wildman–Crippen MR) is 555 cm³/mol. The molecular formula is C120H83N16+. The molecule has 13 aromatic heterocycles. The summed E-state index contributed by atoms with van der Waals surface area (Å²) in [6, 6.07) is 140. The highest BCUT2D eigenvalue weighted by molar-refractivity contribution is 6.25. The first-order valence-electron chi connectivity index (χ1n) is 45.7. The van der Waals surface area contributed by atoms with Crippen LogP contribution < -0.4 is 0 Å². The minimum absolute atomic E-state index is 0.727. The lowest BCUT2D eigenvalue weighted by Crippen LogP contribution is -2.09. The van der Waals surface area contributed by atoms with Crippen LogP contribution in [-0.4, -0.2) is 77.7 Å². The highest BCUT2D eigenvalue weighted by Gasteiger charge is 2.27. The average Bonchev–Trinajstić information content (AvgIpc) is 1.59. The van der Waals surface area contributed by atoms with Gasteiger partial charge in [-0.3, -0.25) is 19.5 Å². The number of pyridine rings is 4. The van der Waals surface area contributed by atoms with E-state index in [2.05, 4.69) is 410 Å². The van der Waals surface area contributed by atoms with Gasteiger partial charge in [-0.25, -0.2) is 15.0 Å². The first-order valence-corrected chi connectivity index (χ1v) is 45.7. The van der Waals surface area contributed by atoms with E-state index in [9.17, 15) is 0 Å². The molecule has 16 heteroatoms. The summed E-state index contributed by atoms with van der Waals surface area (Å²) in [5.74, 6) is 1.62. The van der Waals surface area contributed by atoms with E-state index < -0.39 is 0 Å². The van der Waals surface area contributed by atoms with Crippen LogP contribution in [0.1, 0.15) is 6.42 Å². The molecule has 0 fully saturated rings. The Hall–Kier alpha value is -18.5. The van der Waals surface area contributed by atoms with Crippen LogP contribution in [-0.2, 0) is 0 Å². The summed E-state index contributed by atoms with van der Waals surface area (Å²) >= 11 is 0. The van der Waals surface area contributed by atoms with Crippen molar-refractivity contribution in [3.05, 3.63) is 481 Å². The van der Waals surface area contributed by atoms with Gasteiger partial charge in [0.25, 0.3) is 5.69 Å². The number of nitrogens with zero attached hydrogens (tertiary/aromatic N) is 16. The van der Waals surface area contributed by atoms with Gasteiger partial charge in [0.2, 0.25) is 6.20 Å². The molecule has 14 heterocycles. The van der Waals surface area contributed by atoms with E-state index in [4.69, 9.17) is 20.1 Å². The summed E-state index contributed by atoms with van der Waals surface area (Å²) in [6.45, 7) is 0.733. The highest BCUT2D eigenvalue weighted by Crippen LogP contribution is 2.45. The van der Waals surface area contributed by atoms with Crippen LogP contribution in [0.25, 0.3) is 210 Å². The topological polar surface area (TPSA) is 132 Å². The summed E-state index contributed by atoms with van der Waals surface area (Å²) < 4.78 is 20.4. The third-order valence-electron chi connectivity index (χ3n) is 26.2. The van der Waals surface area contributed by atoms with E-state index in [-0.39, 0.29) is 0 Å². The summed E-state index contributed by atoms with van der Waals surface area (Å²) in [5, 5.41) is 19.6. The molecule has 0 radical (unpaired) electrons. The first-order chi connectivity index (χ1) is 67.5. The molecule has 0 saturated heterocycles. The third kappa shape index (κ3) is 13.9. The smallest absolute Gasteiger partial charge is 0.255 e. The van der Waals surface area contributed by atoms with Crippen molar-refractivity contribution < 1.29 is 4.70 Å². The monoisotopic (exact) mass is 1750 g/mol. The van der Waals surface area contributed by atoms with Gasteiger partial charge in [-0.15, -0.1) is 0 Å². The van der Waals surface area contributed by atoms with Crippen LogP contribution in [0.3, 0.4) is 0 Å². The van der Waals surface area contributed by atoms with Crippen LogP contribution >= 0.6 is 0 Å². The van der Waals surface area contributed by atoms with Crippen molar-refractivity contribution in [3.63, 3.8) is 0 Å². The van der Waals surface area contributed by atoms with Gasteiger partial charge in [-0.05, 0) is 181 Å². The number of azo groups is 2. The molecule has 0 N–H and O–H groups in total. The molecule has 28 rings (SSSR count). The molecule has 642 valence electrons. The largest absolute Gasteiger partial charge is 0.316 e. The molecule has 0 bridgehead atoms. The Labute approximate surface area is 781 Å². The highest BCUT2D eigenvalue weighted by atomic mass is 15.3. The number of fused-ring (bicyclic) bond motifs is 20. The van der Waals surface area contributed by atoms with Crippen molar-refractivity contribution in [1.82, 2.24) is 66.4 Å². The first kappa shape index (κ1) is 79.6. The second kappa shape index (κ2) is 34.1. The number of hydrogen-bond donors (Lipinski definition) is 0. The third-order valence-corrected chi connectivity index (χ3v) is 26.2. The van der Waals surface area contributed by atoms with E-state index in [1.807, 2.05) is 115 Å². The Morgan fingerprint density at radius 2 is 0.647 bits per heavy atom. The van der Waals surface area contributed by atoms with E-state index in [1.165, 1.54) is 126 Å². The van der Waals surface area contributed by atoms with Gasteiger partial charge < -0.3 is 32.0 Å². The van der Waals surface area contributed by atoms with Crippen LogP contribution in [0.15, 0.2) is 486 Å². The summed E-state index contributed by atoms with van der Waals surface area (Å²) in [5.41, 5.74) is 28.5. The van der Waals surface area contributed by atoms with Gasteiger partial charge in [0.15, 0.2) is 5.82 Å². The van der Waals surface area contributed by atoms with Gasteiger partial charge in [0.1, 0.15) is 18.6 Å². The Bertz CT molecular complexity index is 8960. The lowest BCUT2D eigenvalue weighted by Gasteiger charge is -2.12. The van der Waals surface area contributed by atoms with Crippen molar-refractivity contribution in [1.29, 1.82) is 0 Å². The van der Waals surface area contributed by atoms with Crippen molar-refractivity contribution in [3.8, 4) is 73.7 Å². The Balaban J connectivity index is 0.0000000965. The minimum Gasteiger partial charge on any atom is -0.316 e. The molecule has 0 aliphatic carbocycles. The minimum atomic E-state index is 0.727. The lowest BCUT2D eigenvalue weighted by atomic mass is 10.1. The number of rotatable bonds is 12. The zero-order valence-electron chi connectivity index (χ0n) is 73.7. The molecule has 1 aliphatic heterocycles. The van der Waals surface area contributed by atoms with Gasteiger partial charge in [-0.2, -0.15) is 0 Å². The van der Waals surface area contributed by atoms with Gasteiger partial charge >= 0.3 is 0 Å². The number of benzene rings is 14. The van der Waals surface area contributed by atoms with Crippen LogP contribution in [0.4, 0.5) is 5.69 Å². The molecular weight excluding hydrogens is 1670 g/mol. The molecule has 0 amide bonds. The van der Waals surface area contributed by atoms with E-state index in [0.29, 0.717) is 0 Å². The maximum atomic E-state index is 4.79. The Kier molecular flexibility index (Phi) is 19.9. The molecule has 136 heavy (non-hydrogen) atoms. The van der Waals surface area contributed by atoms with Crippen molar-refractivity contribution in [2.45, 2.75) is 6.42 Å². The molecule has 0 spiro atoms. The summed E-state index contributed by atoms with van der Waals surface area (Å²) in [4.78, 5) is 27.3. The summed E-state index contributed by atoms with van der Waals surface area (Å²) in [6.07, 6.45) is 26.6. The zero-order chi connectivity index (χ0) is 89.9. The van der Waals surface area contributed by atoms with Crippen molar-refractivity contribution in [2.75, 3.05) is 6.54 Å². The average molecular weight is 1750 g/mol. The van der Waals surface area contributed by atoms with Gasteiger partial charge in [0, 0.05) is 178 Å². The molecule has 0 saturated carbocycles. The van der Waals surface area contributed by atoms with Crippen molar-refractivity contribution in [2.24, 2.45) is 5.11 Å². The van der Waals surface area contributed by atoms with Crippen LogP contribution in [0.2, 0.25) is 0 Å². The molecule has 14 aromatic carbocycles. The predicted octanol–water partition coefficient (Wildman–Crippen LogP) is 29.3. The van der Waals surface area contributed by atoms with Gasteiger partial charge in [-0.1, -0.05) is 229 Å². The van der Waals surface area contributed by atoms with Crippen LogP contribution in [0.5, 0.6) is 0 Å². The van der Waals surface area contributed by atoms with Crippen LogP contribution in [0, 0.1) is 0 Å². The zero-order valence-corrected chi connectivity index (χ0v) is 73.7. The lowest BCUT2D eigenvalue weighted by molar-refractivity contribution is -0.444. The van der Waals surface area contributed by atoms with E-state index in [0.717, 1.165) is 103 Å². The SMILES string of the molecule is C1=C(n2c3ccccc3c3c4c(ccc32)ccn4-c2ccccc2)CCN=[N+]1c1cccnc1.c1ccc(-c2ncc(-n3c4ccccc4c4c5c(ccc43)ccn5-c3ccccc3)cn2)cc1.c1ccc(-n2ccc3ccc4c(c5ccccc5n4-c4cc(-c5cccnc5)ccn4)c32)cc1.c1ccc(-n2ccc3ccc4c(c5ccccc5n4-c4ccc(-c5ccccn5)cc4)c32)cc1. The Morgan fingerprint density at radius 1 is 0.243 bits per heavy atom. The fourth-order valence-electron chi connectivity index (χ4n) is 20.1. The summed E-state index contributed by atoms with van der Waals surface area (Å²) in [7, 11) is 0. The molecule has 27 aromatic rings. The number of para-hydroxylation sites is 8. The second-order valence-corrected chi connectivity index (χ2v) is 33.9. The standard InChI is InChI=1S/C31H21N3.2C30H20N4.C29H22N5/c1-2-8-24(9-3-1)33-21-19-23-15-18-29-30(31(23)33)26-10-4-5-12-28(26)34(29)25-16-13-22(14-17-25)27-11-6-7-20-32-27;1-3-9-22(10-4-1)30-31-19-24(20-32-30)34-26-14-8-7-13-25(26)28-27(34)16-15-21-17-18-33(29(21)28)23-11-5-2-6-12-23;1-2-8-24(9-3-1)33-18-15-21-12-13-27-29(30(21)33)25-10-4-5-11-26(25)34(27)28-19-22(14-17-32-28)23-7-6-16-31-20-23;1-2-7-22(8-3-1)32-18-15-21-12-13-27-28(29(21)32)25-10-4-5-11-26(25)34(27)24-14-17-31-33(20-24)23-9-6-16-30-19-23/h1-21H;2*1-20H;1-13,15-16,18-20H,14,17H2/q;;;+1. The van der Waals surface area contributed by atoms with Crippen molar-refractivity contribution >= 4 is 142 Å². The van der Waals surface area contributed by atoms with E-state index >= 15 is 0 Å². The number of hydrogen-bond acceptors (Lipinski definition) is 7. The quantitative estimate of drug-likeness (QED) is 0.112. The maximum absolute atomic E-state index is 4.79. The normalized spacial score (nSPS) is 12.1. The van der Waals surface area contributed by atoms with Gasteiger partial charge in [0.05, 0.1) is 95.7 Å². The Morgan fingerprint density at radius 3 is 1.10 bits per heavy atom. The molecule has 16 nitrogen and oxygen atoms in total. The molecule has 1 aliphatic rings. The number of aromatic nitrogens is 14. The molecule has 0 atom stereocenters. The fourth-order valence-corrected chi connectivity index (χ4v) is 20.1. The second-order valence-electron chi connectivity index (χ2n) is 33.9. The fraction of sp³-hybridized carbons (Fsp3) is 0.0167. The maximum Gasteiger partial charge on any atom is 0.255 e.